The highest BCUT2D eigenvalue weighted by molar-refractivity contribution is 6.17. The number of aliphatic imine (C=N–C) groups is 1. The molecule has 5 nitrogen and oxygen atoms in total. The van der Waals surface area contributed by atoms with Crippen molar-refractivity contribution >= 4 is 23.1 Å². The van der Waals surface area contributed by atoms with Gasteiger partial charge in [0.2, 0.25) is 0 Å². The summed E-state index contributed by atoms with van der Waals surface area (Å²) < 4.78 is 5.39. The van der Waals surface area contributed by atoms with Crippen LogP contribution in [0.3, 0.4) is 0 Å². The first kappa shape index (κ1) is 23.4. The van der Waals surface area contributed by atoms with Gasteiger partial charge in [0.25, 0.3) is 5.91 Å². The summed E-state index contributed by atoms with van der Waals surface area (Å²) in [6.45, 7) is 8.07. The number of nitrogens with zero attached hydrogens (tertiary/aromatic N) is 1. The maximum absolute atomic E-state index is 13.3. The fourth-order valence-corrected chi connectivity index (χ4v) is 4.39. The van der Waals surface area contributed by atoms with Crippen molar-refractivity contribution in [2.75, 3.05) is 12.4 Å². The van der Waals surface area contributed by atoms with Crippen LogP contribution in [-0.4, -0.2) is 30.1 Å². The predicted octanol–water partition coefficient (Wildman–Crippen LogP) is 5.96. The van der Waals surface area contributed by atoms with E-state index in [9.17, 15) is 9.59 Å². The number of ether oxygens (including phenoxy) is 1. The fraction of sp³-hybridized carbons (Fsp3) is 0.276. The molecule has 34 heavy (non-hydrogen) atoms. The number of anilines is 1. The van der Waals surface area contributed by atoms with Crippen LogP contribution in [0.2, 0.25) is 0 Å². The largest absolute Gasteiger partial charge is 0.497 e. The molecule has 0 unspecified atom stereocenters. The number of Topliss-reactive ketones (excluding diaryl/α,β-unsaturated/α-hetero) is 1. The zero-order valence-corrected chi connectivity index (χ0v) is 20.4. The summed E-state index contributed by atoms with van der Waals surface area (Å²) in [5.74, 6) is 0.507. The van der Waals surface area contributed by atoms with Crippen molar-refractivity contribution < 1.29 is 14.3 Å². The van der Waals surface area contributed by atoms with Gasteiger partial charge in [0.1, 0.15) is 5.75 Å². The molecule has 0 saturated heterocycles. The third-order valence-corrected chi connectivity index (χ3v) is 6.31. The number of fused-ring (bicyclic) bond motifs is 1. The zero-order valence-electron chi connectivity index (χ0n) is 20.4. The van der Waals surface area contributed by atoms with Crippen LogP contribution in [-0.2, 0) is 6.42 Å². The van der Waals surface area contributed by atoms with E-state index in [2.05, 4.69) is 25.2 Å². The normalized spacial score (nSPS) is 14.1. The molecule has 1 aliphatic rings. The molecule has 1 N–H and O–H groups in total. The number of methoxy groups -OCH3 is 1. The monoisotopic (exact) mass is 454 g/mol. The van der Waals surface area contributed by atoms with Crippen molar-refractivity contribution in [3.05, 3.63) is 94.0 Å². The van der Waals surface area contributed by atoms with Crippen LogP contribution in [0.4, 0.5) is 5.69 Å². The Morgan fingerprint density at radius 1 is 1.03 bits per heavy atom. The van der Waals surface area contributed by atoms with E-state index in [-0.39, 0.29) is 23.7 Å². The number of amides is 1. The van der Waals surface area contributed by atoms with Crippen molar-refractivity contribution in [2.24, 2.45) is 4.99 Å². The Balaban J connectivity index is 1.57. The van der Waals surface area contributed by atoms with E-state index in [0.717, 1.165) is 40.1 Å². The van der Waals surface area contributed by atoms with E-state index in [0.29, 0.717) is 16.8 Å². The molecule has 0 saturated carbocycles. The summed E-state index contributed by atoms with van der Waals surface area (Å²) in [7, 11) is 1.63. The lowest BCUT2D eigenvalue weighted by atomic mass is 9.85. The molecular weight excluding hydrogens is 424 g/mol. The Bertz CT molecular complexity index is 1300. The second kappa shape index (κ2) is 9.26. The second-order valence-corrected chi connectivity index (χ2v) is 9.45. The highest BCUT2D eigenvalue weighted by Gasteiger charge is 2.28. The summed E-state index contributed by atoms with van der Waals surface area (Å²) in [5.41, 5.74) is 6.37. The average molecular weight is 455 g/mol. The summed E-state index contributed by atoms with van der Waals surface area (Å²) in [6, 6.07) is 18.7. The van der Waals surface area contributed by atoms with Crippen molar-refractivity contribution in [1.82, 2.24) is 0 Å². The number of benzene rings is 3. The quantitative estimate of drug-likeness (QED) is 0.467. The van der Waals surface area contributed by atoms with E-state index < -0.39 is 0 Å². The van der Waals surface area contributed by atoms with E-state index in [1.807, 2.05) is 38.1 Å². The van der Waals surface area contributed by atoms with Crippen molar-refractivity contribution in [3.63, 3.8) is 0 Å². The van der Waals surface area contributed by atoms with E-state index in [4.69, 9.17) is 9.73 Å². The van der Waals surface area contributed by atoms with E-state index in [1.165, 1.54) is 0 Å². The van der Waals surface area contributed by atoms with Crippen LogP contribution >= 0.6 is 0 Å². The second-order valence-electron chi connectivity index (χ2n) is 9.45. The van der Waals surface area contributed by atoms with Gasteiger partial charge < -0.3 is 10.1 Å². The van der Waals surface area contributed by atoms with Gasteiger partial charge in [-0.05, 0) is 81.1 Å². The molecule has 174 valence electrons. The zero-order chi connectivity index (χ0) is 24.5. The lowest BCUT2D eigenvalue weighted by molar-refractivity contribution is 0.0996. The number of carbonyl (C=O) groups is 2. The Morgan fingerprint density at radius 2 is 1.79 bits per heavy atom. The van der Waals surface area contributed by atoms with Crippen LogP contribution in [0.15, 0.2) is 65.7 Å². The molecule has 0 fully saturated rings. The molecule has 0 aliphatic carbocycles. The average Bonchev–Trinajstić information content (AvgIpc) is 2.80. The first-order valence-electron chi connectivity index (χ1n) is 11.4. The molecule has 0 atom stereocenters. The molecule has 1 heterocycles. The molecule has 0 radical (unpaired) electrons. The SMILES string of the molecule is COc1ccc2c(c1)C(CC(=O)c1cccc(NC(=O)c3cccc(C)c3C)c1)=NC(C)(C)C2. The molecular formula is C29H30N2O3. The van der Waals surface area contributed by atoms with E-state index in [1.54, 1.807) is 37.4 Å². The number of ketones is 1. The Hall–Kier alpha value is -3.73. The lowest BCUT2D eigenvalue weighted by Gasteiger charge is -2.29. The number of rotatable bonds is 6. The molecule has 0 aromatic heterocycles. The smallest absolute Gasteiger partial charge is 0.255 e. The maximum atomic E-state index is 13.3. The molecule has 0 spiro atoms. The fourth-order valence-electron chi connectivity index (χ4n) is 4.39. The van der Waals surface area contributed by atoms with Gasteiger partial charge in [0, 0.05) is 22.4 Å². The molecule has 1 aliphatic heterocycles. The van der Waals surface area contributed by atoms with Gasteiger partial charge in [0.15, 0.2) is 5.78 Å². The topological polar surface area (TPSA) is 67.8 Å². The molecule has 5 heteroatoms. The van der Waals surface area contributed by atoms with Gasteiger partial charge in [-0.15, -0.1) is 0 Å². The first-order chi connectivity index (χ1) is 16.2. The van der Waals surface area contributed by atoms with Crippen LogP contribution < -0.4 is 10.1 Å². The van der Waals surface area contributed by atoms with Crippen molar-refractivity contribution in [3.8, 4) is 5.75 Å². The molecule has 3 aromatic rings. The number of aryl methyl sites for hydroxylation is 1. The van der Waals surface area contributed by atoms with Crippen LogP contribution in [0.25, 0.3) is 0 Å². The van der Waals surface area contributed by atoms with Crippen LogP contribution in [0, 0.1) is 13.8 Å². The summed E-state index contributed by atoms with van der Waals surface area (Å²) in [5, 5.41) is 2.93. The van der Waals surface area contributed by atoms with Gasteiger partial charge in [-0.2, -0.15) is 0 Å². The van der Waals surface area contributed by atoms with Gasteiger partial charge in [-0.25, -0.2) is 0 Å². The molecule has 0 bridgehead atoms. The first-order valence-corrected chi connectivity index (χ1v) is 11.4. The molecule has 1 amide bonds. The van der Waals surface area contributed by atoms with Crippen molar-refractivity contribution in [2.45, 2.75) is 46.1 Å². The third kappa shape index (κ3) is 4.93. The minimum Gasteiger partial charge on any atom is -0.497 e. The van der Waals surface area contributed by atoms with E-state index >= 15 is 0 Å². The highest BCUT2D eigenvalue weighted by Crippen LogP contribution is 2.31. The molecule has 3 aromatic carbocycles. The molecule has 4 rings (SSSR count). The third-order valence-electron chi connectivity index (χ3n) is 6.31. The number of carbonyl (C=O) groups excluding carboxylic acids is 2. The number of hydrogen-bond acceptors (Lipinski definition) is 4. The Morgan fingerprint density at radius 3 is 2.56 bits per heavy atom. The van der Waals surface area contributed by atoms with Crippen LogP contribution in [0.5, 0.6) is 5.75 Å². The van der Waals surface area contributed by atoms with Gasteiger partial charge in [-0.3, -0.25) is 14.6 Å². The predicted molar refractivity (Wildman–Crippen MR) is 137 cm³/mol. The Labute approximate surface area is 200 Å². The maximum Gasteiger partial charge on any atom is 0.255 e. The lowest BCUT2D eigenvalue weighted by Crippen LogP contribution is -2.30. The van der Waals surface area contributed by atoms with Crippen LogP contribution in [0.1, 0.15) is 63.2 Å². The standard InChI is InChI=1S/C29H30N2O3/c1-18-8-6-11-24(19(18)2)28(33)30-22-10-7-9-20(14-22)27(32)16-26-25-15-23(34-5)13-12-21(25)17-29(3,4)31-26/h6-15H,16-17H2,1-5H3,(H,30,33). The number of hydrogen-bond donors (Lipinski definition) is 1. The summed E-state index contributed by atoms with van der Waals surface area (Å²) >= 11 is 0. The van der Waals surface area contributed by atoms with Gasteiger partial charge in [-0.1, -0.05) is 30.3 Å². The highest BCUT2D eigenvalue weighted by atomic mass is 16.5. The number of nitrogens with one attached hydrogen (secondary N) is 1. The van der Waals surface area contributed by atoms with Crippen molar-refractivity contribution in [1.29, 1.82) is 0 Å². The van der Waals surface area contributed by atoms with Gasteiger partial charge in [0.05, 0.1) is 24.8 Å². The minimum atomic E-state index is -0.279. The summed E-state index contributed by atoms with van der Waals surface area (Å²) in [4.78, 5) is 31.0. The summed E-state index contributed by atoms with van der Waals surface area (Å²) in [6.07, 6.45) is 0.988. The minimum absolute atomic E-state index is 0.0481. The van der Waals surface area contributed by atoms with Gasteiger partial charge >= 0.3 is 0 Å². The Kier molecular flexibility index (Phi) is 6.38.